The summed E-state index contributed by atoms with van der Waals surface area (Å²) in [5.74, 6) is -0.383. The Kier molecular flexibility index (Phi) is 7.23. The predicted octanol–water partition coefficient (Wildman–Crippen LogP) is 2.21. The fourth-order valence-electron chi connectivity index (χ4n) is 0.586. The van der Waals surface area contributed by atoms with Crippen molar-refractivity contribution in [2.24, 2.45) is 0 Å². The van der Waals surface area contributed by atoms with E-state index in [2.05, 4.69) is 6.58 Å². The number of ether oxygens (including phenoxy) is 2. The first-order chi connectivity index (χ1) is 6.68. The monoisotopic (exact) mass is 196 g/mol. The minimum Gasteiger partial charge on any atom is -0.498 e. The van der Waals surface area contributed by atoms with E-state index < -0.39 is 0 Å². The van der Waals surface area contributed by atoms with Crippen LogP contribution < -0.4 is 0 Å². The molecule has 3 nitrogen and oxygen atoms in total. The van der Waals surface area contributed by atoms with E-state index in [0.29, 0.717) is 12.2 Å². The molecule has 0 aromatic carbocycles. The maximum absolute atomic E-state index is 10.9. The second-order valence-electron chi connectivity index (χ2n) is 2.64. The van der Waals surface area contributed by atoms with Crippen molar-refractivity contribution in [2.45, 2.75) is 13.8 Å². The average Bonchev–Trinajstić information content (AvgIpc) is 2.16. The number of carbonyl (C=O) groups excluding carboxylic acids is 1. The first-order valence-corrected chi connectivity index (χ1v) is 4.40. The van der Waals surface area contributed by atoms with Crippen LogP contribution in [-0.2, 0) is 14.3 Å². The number of hydrogen-bond acceptors (Lipinski definition) is 3. The third-order valence-electron chi connectivity index (χ3n) is 1.26. The minimum absolute atomic E-state index is 0.242. The summed E-state index contributed by atoms with van der Waals surface area (Å²) in [7, 11) is 0. The summed E-state index contributed by atoms with van der Waals surface area (Å²) in [5, 5.41) is 0. The fourth-order valence-corrected chi connectivity index (χ4v) is 0.586. The lowest BCUT2D eigenvalue weighted by atomic mass is 10.4. The Bertz CT molecular complexity index is 239. The maximum atomic E-state index is 10.9. The van der Waals surface area contributed by atoms with Gasteiger partial charge in [0.1, 0.15) is 13.2 Å². The molecule has 0 saturated carbocycles. The molecule has 14 heavy (non-hydrogen) atoms. The molecule has 0 aromatic heterocycles. The molecule has 0 heterocycles. The van der Waals surface area contributed by atoms with Crippen molar-refractivity contribution in [1.82, 2.24) is 0 Å². The van der Waals surface area contributed by atoms with Crippen molar-refractivity contribution in [3.05, 3.63) is 36.6 Å². The van der Waals surface area contributed by atoms with E-state index in [1.807, 2.05) is 19.1 Å². The number of carbonyl (C=O) groups is 1. The van der Waals surface area contributed by atoms with Crippen LogP contribution in [0.3, 0.4) is 0 Å². The lowest BCUT2D eigenvalue weighted by Gasteiger charge is -2.03. The summed E-state index contributed by atoms with van der Waals surface area (Å²) in [4.78, 5) is 10.9. The van der Waals surface area contributed by atoms with Crippen LogP contribution >= 0.6 is 0 Å². The minimum atomic E-state index is -0.383. The first kappa shape index (κ1) is 12.5. The van der Waals surface area contributed by atoms with E-state index in [-0.39, 0.29) is 12.6 Å². The van der Waals surface area contributed by atoms with Gasteiger partial charge in [0, 0.05) is 5.57 Å². The summed E-state index contributed by atoms with van der Waals surface area (Å²) in [6, 6.07) is 0. The van der Waals surface area contributed by atoms with Gasteiger partial charge in [-0.05, 0) is 19.9 Å². The normalized spacial score (nSPS) is 10.7. The van der Waals surface area contributed by atoms with Crippen molar-refractivity contribution in [3.63, 3.8) is 0 Å². The summed E-state index contributed by atoms with van der Waals surface area (Å²) in [6.45, 7) is 7.57. The Hall–Kier alpha value is -1.51. The molecule has 0 radical (unpaired) electrons. The van der Waals surface area contributed by atoms with Gasteiger partial charge in [-0.2, -0.15) is 0 Å². The quantitative estimate of drug-likeness (QED) is 0.215. The van der Waals surface area contributed by atoms with Crippen LogP contribution in [0.4, 0.5) is 0 Å². The van der Waals surface area contributed by atoms with Crippen molar-refractivity contribution < 1.29 is 14.3 Å². The van der Waals surface area contributed by atoms with Crippen LogP contribution in [0, 0.1) is 0 Å². The lowest BCUT2D eigenvalue weighted by molar-refractivity contribution is -0.139. The predicted molar refractivity (Wildman–Crippen MR) is 55.7 cm³/mol. The second-order valence-corrected chi connectivity index (χ2v) is 2.64. The van der Waals surface area contributed by atoms with Crippen LogP contribution in [0.1, 0.15) is 13.8 Å². The van der Waals surface area contributed by atoms with Crippen LogP contribution in [0.2, 0.25) is 0 Å². The Morgan fingerprint density at radius 2 is 2.07 bits per heavy atom. The van der Waals surface area contributed by atoms with Crippen LogP contribution in [0.15, 0.2) is 36.6 Å². The Morgan fingerprint density at radius 1 is 1.36 bits per heavy atom. The van der Waals surface area contributed by atoms with Crippen LogP contribution in [-0.4, -0.2) is 19.2 Å². The van der Waals surface area contributed by atoms with Gasteiger partial charge in [0.15, 0.2) is 0 Å². The molecule has 0 aromatic rings. The number of rotatable bonds is 6. The molecule has 0 N–H and O–H groups in total. The Morgan fingerprint density at radius 3 is 2.64 bits per heavy atom. The van der Waals surface area contributed by atoms with Gasteiger partial charge >= 0.3 is 5.97 Å². The molecule has 0 rings (SSSR count). The summed E-state index contributed by atoms with van der Waals surface area (Å²) in [5.41, 5.74) is 0.398. The zero-order chi connectivity index (χ0) is 10.8. The number of hydrogen-bond donors (Lipinski definition) is 0. The lowest BCUT2D eigenvalue weighted by Crippen LogP contribution is -2.09. The van der Waals surface area contributed by atoms with Crippen molar-refractivity contribution in [1.29, 1.82) is 0 Å². The topological polar surface area (TPSA) is 35.5 Å². The molecule has 0 amide bonds. The highest BCUT2D eigenvalue weighted by molar-refractivity contribution is 5.86. The van der Waals surface area contributed by atoms with Crippen molar-refractivity contribution in [2.75, 3.05) is 13.2 Å². The molecule has 0 aliphatic heterocycles. The van der Waals surface area contributed by atoms with Crippen LogP contribution in [0.25, 0.3) is 0 Å². The van der Waals surface area contributed by atoms with Gasteiger partial charge in [-0.1, -0.05) is 18.7 Å². The molecule has 0 aliphatic carbocycles. The van der Waals surface area contributed by atoms with E-state index in [1.54, 1.807) is 19.3 Å². The van der Waals surface area contributed by atoms with E-state index in [1.165, 1.54) is 0 Å². The van der Waals surface area contributed by atoms with Gasteiger partial charge in [-0.25, -0.2) is 4.79 Å². The maximum Gasteiger partial charge on any atom is 0.333 e. The molecular formula is C11H16O3. The second kappa shape index (κ2) is 8.10. The summed E-state index contributed by atoms with van der Waals surface area (Å²) in [6.07, 6.45) is 7.05. The van der Waals surface area contributed by atoms with Crippen LogP contribution in [0.5, 0.6) is 0 Å². The number of allylic oxidation sites excluding steroid dienone is 3. The van der Waals surface area contributed by atoms with E-state index >= 15 is 0 Å². The average molecular weight is 196 g/mol. The van der Waals surface area contributed by atoms with Gasteiger partial charge in [-0.3, -0.25) is 0 Å². The van der Waals surface area contributed by atoms with Gasteiger partial charge < -0.3 is 9.47 Å². The highest BCUT2D eigenvalue weighted by atomic mass is 16.6. The molecule has 0 aliphatic rings. The molecule has 0 bridgehead atoms. The SMILES string of the molecule is C=C(C)C(=O)OCCOC=CC=CC. The summed E-state index contributed by atoms with van der Waals surface area (Å²) >= 11 is 0. The van der Waals surface area contributed by atoms with E-state index in [4.69, 9.17) is 9.47 Å². The molecular weight excluding hydrogens is 180 g/mol. The Balaban J connectivity index is 3.38. The van der Waals surface area contributed by atoms with Gasteiger partial charge in [0.05, 0.1) is 6.26 Å². The van der Waals surface area contributed by atoms with Gasteiger partial charge in [0.25, 0.3) is 0 Å². The molecule has 78 valence electrons. The first-order valence-electron chi connectivity index (χ1n) is 4.40. The zero-order valence-electron chi connectivity index (χ0n) is 8.66. The largest absolute Gasteiger partial charge is 0.498 e. The fraction of sp³-hybridized carbons (Fsp3) is 0.364. The molecule has 0 spiro atoms. The van der Waals surface area contributed by atoms with Gasteiger partial charge in [-0.15, -0.1) is 0 Å². The van der Waals surface area contributed by atoms with Crippen molar-refractivity contribution in [3.8, 4) is 0 Å². The van der Waals surface area contributed by atoms with E-state index in [0.717, 1.165) is 0 Å². The molecule has 0 saturated heterocycles. The van der Waals surface area contributed by atoms with Crippen molar-refractivity contribution >= 4 is 5.97 Å². The zero-order valence-corrected chi connectivity index (χ0v) is 8.66. The number of esters is 1. The summed E-state index contributed by atoms with van der Waals surface area (Å²) < 4.78 is 9.82. The molecule has 0 fully saturated rings. The molecule has 0 unspecified atom stereocenters. The van der Waals surface area contributed by atoms with Gasteiger partial charge in [0.2, 0.25) is 0 Å². The smallest absolute Gasteiger partial charge is 0.333 e. The highest BCUT2D eigenvalue weighted by Gasteiger charge is 2.00. The van der Waals surface area contributed by atoms with E-state index in [9.17, 15) is 4.79 Å². The molecule has 0 atom stereocenters. The molecule has 3 heteroatoms. The highest BCUT2D eigenvalue weighted by Crippen LogP contribution is 1.91. The standard InChI is InChI=1S/C11H16O3/c1-4-5-6-7-13-8-9-14-11(12)10(2)3/h4-7H,2,8-9H2,1,3H3. The third kappa shape index (κ3) is 7.16. The Labute approximate surface area is 84.7 Å². The third-order valence-corrected chi connectivity index (χ3v) is 1.26.